The minimum Gasteiger partial charge on any atom is -0.476 e. The average Bonchev–Trinajstić information content (AvgIpc) is 3.15. The number of nitrogens with one attached hydrogen (secondary N) is 2. The number of nitrogens with zero attached hydrogens (tertiary/aromatic N) is 3. The first kappa shape index (κ1) is 19.8. The molecule has 0 radical (unpaired) electrons. The number of hydrogen-bond donors (Lipinski definition) is 4. The number of carboxylic acid groups (broad SMARTS) is 2. The van der Waals surface area contributed by atoms with Gasteiger partial charge < -0.3 is 10.2 Å². The lowest BCUT2D eigenvalue weighted by Crippen LogP contribution is -2.02. The second kappa shape index (κ2) is 8.04. The van der Waals surface area contributed by atoms with Gasteiger partial charge in [-0.2, -0.15) is 10.2 Å². The van der Waals surface area contributed by atoms with Gasteiger partial charge in [-0.05, 0) is 12.0 Å². The van der Waals surface area contributed by atoms with Crippen LogP contribution in [0.25, 0.3) is 0 Å². The van der Waals surface area contributed by atoms with Crippen molar-refractivity contribution in [1.82, 2.24) is 20.4 Å². The Morgan fingerprint density at radius 3 is 2.00 bits per heavy atom. The SMILES string of the molecule is CC(C)c1[nH]nc(C(=O)O)c1[N+](=O)[O-].CC(C)c1cc(C(=O)O)n[nH]1. The summed E-state index contributed by atoms with van der Waals surface area (Å²) in [7, 11) is 0. The number of rotatable bonds is 5. The van der Waals surface area contributed by atoms with Crippen LogP contribution in [0.15, 0.2) is 6.07 Å². The molecule has 0 saturated carbocycles. The smallest absolute Gasteiger partial charge is 0.363 e. The van der Waals surface area contributed by atoms with Crippen LogP contribution in [0.5, 0.6) is 0 Å². The van der Waals surface area contributed by atoms with E-state index in [0.717, 1.165) is 5.69 Å². The molecule has 0 aromatic carbocycles. The van der Waals surface area contributed by atoms with E-state index in [1.54, 1.807) is 19.9 Å². The highest BCUT2D eigenvalue weighted by atomic mass is 16.6. The van der Waals surface area contributed by atoms with E-state index in [0.29, 0.717) is 0 Å². The van der Waals surface area contributed by atoms with Crippen molar-refractivity contribution in [3.05, 3.63) is 39.0 Å². The van der Waals surface area contributed by atoms with Crippen molar-refractivity contribution in [2.45, 2.75) is 39.5 Å². The summed E-state index contributed by atoms with van der Waals surface area (Å²) in [5.74, 6) is -2.28. The molecule has 2 rings (SSSR count). The predicted molar refractivity (Wildman–Crippen MR) is 85.9 cm³/mol. The summed E-state index contributed by atoms with van der Waals surface area (Å²) >= 11 is 0. The van der Waals surface area contributed by atoms with Gasteiger partial charge in [0.05, 0.1) is 4.92 Å². The number of hydrogen-bond acceptors (Lipinski definition) is 6. The third kappa shape index (κ3) is 4.86. The second-order valence-corrected chi connectivity index (χ2v) is 5.72. The summed E-state index contributed by atoms with van der Waals surface area (Å²) in [6, 6.07) is 1.55. The topological polar surface area (TPSA) is 175 Å². The monoisotopic (exact) mass is 353 g/mol. The molecule has 2 heterocycles. The fourth-order valence-corrected chi connectivity index (χ4v) is 1.83. The van der Waals surface area contributed by atoms with E-state index >= 15 is 0 Å². The first-order chi connectivity index (χ1) is 11.6. The van der Waals surface area contributed by atoms with Gasteiger partial charge in [-0.25, -0.2) is 9.59 Å². The van der Waals surface area contributed by atoms with Crippen molar-refractivity contribution < 1.29 is 24.7 Å². The van der Waals surface area contributed by atoms with Gasteiger partial charge in [0.15, 0.2) is 5.69 Å². The molecule has 0 aliphatic carbocycles. The zero-order chi connectivity index (χ0) is 19.3. The van der Waals surface area contributed by atoms with E-state index in [1.807, 2.05) is 13.8 Å². The molecule has 0 fully saturated rings. The Morgan fingerprint density at radius 2 is 1.68 bits per heavy atom. The minimum absolute atomic E-state index is 0.0775. The Balaban J connectivity index is 0.000000257. The van der Waals surface area contributed by atoms with Crippen LogP contribution in [0, 0.1) is 10.1 Å². The molecular weight excluding hydrogens is 334 g/mol. The number of carbonyl (C=O) groups is 2. The second-order valence-electron chi connectivity index (χ2n) is 5.72. The highest BCUT2D eigenvalue weighted by Crippen LogP contribution is 2.27. The molecule has 0 spiro atoms. The van der Waals surface area contributed by atoms with Gasteiger partial charge in [0, 0.05) is 11.6 Å². The van der Waals surface area contributed by atoms with E-state index in [4.69, 9.17) is 10.2 Å². The third-order valence-corrected chi connectivity index (χ3v) is 3.17. The van der Waals surface area contributed by atoms with Crippen molar-refractivity contribution in [2.75, 3.05) is 0 Å². The van der Waals surface area contributed by atoms with Crippen LogP contribution in [-0.4, -0.2) is 47.5 Å². The molecule has 0 bridgehead atoms. The Hall–Kier alpha value is -3.24. The zero-order valence-corrected chi connectivity index (χ0v) is 14.1. The van der Waals surface area contributed by atoms with E-state index in [-0.39, 0.29) is 23.2 Å². The quantitative estimate of drug-likeness (QED) is 0.467. The van der Waals surface area contributed by atoms with Crippen LogP contribution >= 0.6 is 0 Å². The van der Waals surface area contributed by atoms with Gasteiger partial charge in [-0.3, -0.25) is 20.3 Å². The maximum atomic E-state index is 10.6. The van der Waals surface area contributed by atoms with Crippen molar-refractivity contribution in [1.29, 1.82) is 0 Å². The number of carboxylic acids is 2. The van der Waals surface area contributed by atoms with Crippen molar-refractivity contribution >= 4 is 17.6 Å². The summed E-state index contributed by atoms with van der Waals surface area (Å²) in [6.45, 7) is 7.37. The van der Waals surface area contributed by atoms with Crippen LogP contribution < -0.4 is 0 Å². The van der Waals surface area contributed by atoms with Gasteiger partial charge in [-0.1, -0.05) is 27.7 Å². The normalized spacial score (nSPS) is 10.5. The summed E-state index contributed by atoms with van der Waals surface area (Å²) in [5, 5.41) is 39.7. The lowest BCUT2D eigenvalue weighted by atomic mass is 10.1. The maximum absolute atomic E-state index is 10.6. The highest BCUT2D eigenvalue weighted by molar-refractivity contribution is 5.90. The Kier molecular flexibility index (Phi) is 6.37. The molecular formula is C14H19N5O6. The predicted octanol–water partition coefficient (Wildman–Crippen LogP) is 2.37. The van der Waals surface area contributed by atoms with Gasteiger partial charge in [0.1, 0.15) is 5.69 Å². The first-order valence-corrected chi connectivity index (χ1v) is 7.30. The molecule has 2 aromatic rings. The summed E-state index contributed by atoms with van der Waals surface area (Å²) in [6.07, 6.45) is 0. The molecule has 25 heavy (non-hydrogen) atoms. The third-order valence-electron chi connectivity index (χ3n) is 3.17. The Morgan fingerprint density at radius 1 is 1.08 bits per heavy atom. The number of H-pyrrole nitrogens is 2. The van der Waals surface area contributed by atoms with Crippen LogP contribution in [0.1, 0.15) is 71.9 Å². The summed E-state index contributed by atoms with van der Waals surface area (Å²) in [5.41, 5.74) is 0.162. The average molecular weight is 353 g/mol. The first-order valence-electron chi connectivity index (χ1n) is 7.30. The van der Waals surface area contributed by atoms with E-state index in [2.05, 4.69) is 20.4 Å². The number of aromatic nitrogens is 4. The summed E-state index contributed by atoms with van der Waals surface area (Å²) in [4.78, 5) is 30.8. The van der Waals surface area contributed by atoms with Crippen LogP contribution in [-0.2, 0) is 0 Å². The minimum atomic E-state index is -1.40. The van der Waals surface area contributed by atoms with Gasteiger partial charge in [0.25, 0.3) is 0 Å². The standard InChI is InChI=1S/C7H9N3O4.C7H10N2O2/c1-3(2)4-6(10(13)14)5(7(11)12)9-8-4;1-4(2)5-3-6(7(10)11)9-8-5/h3H,1-2H3,(H,8,9)(H,11,12);3-4H,1-2H3,(H,8,9)(H,10,11). The molecule has 0 aliphatic rings. The molecule has 0 atom stereocenters. The molecule has 0 unspecified atom stereocenters. The summed E-state index contributed by atoms with van der Waals surface area (Å²) < 4.78 is 0. The van der Waals surface area contributed by atoms with Crippen molar-refractivity contribution in [2.24, 2.45) is 0 Å². The lowest BCUT2D eigenvalue weighted by Gasteiger charge is -1.98. The fraction of sp³-hybridized carbons (Fsp3) is 0.429. The Bertz CT molecular complexity index is 777. The number of aromatic amines is 2. The molecule has 0 amide bonds. The number of nitro groups is 1. The Labute approximate surface area is 142 Å². The number of aromatic carboxylic acids is 2. The highest BCUT2D eigenvalue weighted by Gasteiger charge is 2.29. The molecule has 136 valence electrons. The van der Waals surface area contributed by atoms with Crippen LogP contribution in [0.4, 0.5) is 5.69 Å². The van der Waals surface area contributed by atoms with Gasteiger partial charge >= 0.3 is 17.6 Å². The van der Waals surface area contributed by atoms with Crippen LogP contribution in [0.2, 0.25) is 0 Å². The van der Waals surface area contributed by atoms with Gasteiger partial charge in [0.2, 0.25) is 5.69 Å². The lowest BCUT2D eigenvalue weighted by molar-refractivity contribution is -0.386. The van der Waals surface area contributed by atoms with Crippen molar-refractivity contribution in [3.63, 3.8) is 0 Å². The largest absolute Gasteiger partial charge is 0.476 e. The van der Waals surface area contributed by atoms with E-state index in [1.165, 1.54) is 0 Å². The van der Waals surface area contributed by atoms with E-state index in [9.17, 15) is 19.7 Å². The molecule has 0 saturated heterocycles. The van der Waals surface area contributed by atoms with Crippen molar-refractivity contribution in [3.8, 4) is 0 Å². The molecule has 2 aromatic heterocycles. The van der Waals surface area contributed by atoms with Gasteiger partial charge in [-0.15, -0.1) is 0 Å². The molecule has 11 nitrogen and oxygen atoms in total. The maximum Gasteiger partial charge on any atom is 0.363 e. The fourth-order valence-electron chi connectivity index (χ4n) is 1.83. The van der Waals surface area contributed by atoms with Crippen LogP contribution in [0.3, 0.4) is 0 Å². The van der Waals surface area contributed by atoms with E-state index < -0.39 is 28.2 Å². The molecule has 11 heteroatoms. The molecule has 4 N–H and O–H groups in total. The zero-order valence-electron chi connectivity index (χ0n) is 14.1. The molecule has 0 aliphatic heterocycles.